The van der Waals surface area contributed by atoms with Gasteiger partial charge in [-0.2, -0.15) is 17.7 Å². The number of aryl methyl sites for hydroxylation is 1. The molecule has 0 unspecified atom stereocenters. The lowest BCUT2D eigenvalue weighted by Gasteiger charge is -2.46. The van der Waals surface area contributed by atoms with E-state index in [-0.39, 0.29) is 24.7 Å². The zero-order valence-corrected chi connectivity index (χ0v) is 26.5. The van der Waals surface area contributed by atoms with Gasteiger partial charge in [0, 0.05) is 23.6 Å². The summed E-state index contributed by atoms with van der Waals surface area (Å²) in [5.41, 5.74) is 4.25. The Hall–Kier alpha value is -3.68. The summed E-state index contributed by atoms with van der Waals surface area (Å²) in [6.45, 7) is 1.52. The maximum atomic E-state index is 13.8. The largest absolute Gasteiger partial charge is 0.542 e. The van der Waals surface area contributed by atoms with Gasteiger partial charge in [0.1, 0.15) is 17.9 Å². The third kappa shape index (κ3) is 8.77. The van der Waals surface area contributed by atoms with Crippen LogP contribution in [0.15, 0.2) is 60.6 Å². The average Bonchev–Trinajstić information content (AvgIpc) is 3.37. The van der Waals surface area contributed by atoms with Crippen molar-refractivity contribution in [3.8, 4) is 11.4 Å². The quantitative estimate of drug-likeness (QED) is 0.212. The average molecular weight is 686 g/mol. The normalized spacial score (nSPS) is 19.3. The molecule has 2 atom stereocenters. The van der Waals surface area contributed by atoms with E-state index in [2.05, 4.69) is 9.42 Å². The number of imidazole rings is 1. The Labute approximate surface area is 267 Å². The van der Waals surface area contributed by atoms with Gasteiger partial charge in [0.15, 0.2) is 11.4 Å². The molecule has 2 N–H and O–H groups in total. The summed E-state index contributed by atoms with van der Waals surface area (Å²) in [7, 11) is -3.01. The van der Waals surface area contributed by atoms with Crippen LogP contribution >= 0.6 is 19.4 Å². The number of piperidine rings is 2. The minimum Gasteiger partial charge on any atom is -0.542 e. The van der Waals surface area contributed by atoms with Crippen LogP contribution in [0.25, 0.3) is 11.8 Å². The van der Waals surface area contributed by atoms with E-state index in [4.69, 9.17) is 36.0 Å². The molecule has 1 amide bonds. The second kappa shape index (κ2) is 14.4. The zero-order valence-electron chi connectivity index (χ0n) is 24.8. The number of carbonyl (C=O) groups excluding carboxylic acids is 2. The smallest absolute Gasteiger partial charge is 0.472 e. The van der Waals surface area contributed by atoms with Crippen molar-refractivity contribution >= 4 is 37.4 Å². The number of carboxylic acids is 1. The number of ether oxygens (including phenoxy) is 1. The third-order valence-electron chi connectivity index (χ3n) is 7.72. The highest BCUT2D eigenvalue weighted by molar-refractivity contribution is 7.46. The Bertz CT molecular complexity index is 1660. The van der Waals surface area contributed by atoms with E-state index in [9.17, 15) is 22.5 Å². The SMILES string of the molecule is COc1cc(/C=C2\CC[C@H]3CCC[C@@H](c4ccc(Cl)cc4)N3C2=O)ccc1-n1cc(C)[n+](COP(=O)(O)O)c1.O=C([O-])C(F)(F)F. The van der Waals surface area contributed by atoms with Crippen LogP contribution in [-0.2, 0) is 25.4 Å². The second-order valence-electron chi connectivity index (χ2n) is 10.8. The molecule has 248 valence electrons. The van der Waals surface area contributed by atoms with Gasteiger partial charge in [0.05, 0.1) is 13.2 Å². The van der Waals surface area contributed by atoms with Gasteiger partial charge < -0.3 is 29.3 Å². The first-order valence-corrected chi connectivity index (χ1v) is 16.0. The highest BCUT2D eigenvalue weighted by Gasteiger charge is 2.39. The Morgan fingerprint density at radius 2 is 1.85 bits per heavy atom. The van der Waals surface area contributed by atoms with Gasteiger partial charge >= 0.3 is 14.0 Å². The number of hydrogen-bond donors (Lipinski definition) is 2. The van der Waals surface area contributed by atoms with E-state index >= 15 is 0 Å². The van der Waals surface area contributed by atoms with E-state index < -0.39 is 20.0 Å². The first-order valence-electron chi connectivity index (χ1n) is 14.1. The number of phosphoric acid groups is 1. The zero-order chi connectivity index (χ0) is 33.8. The van der Waals surface area contributed by atoms with Crippen LogP contribution in [0.1, 0.15) is 55.0 Å². The number of aliphatic carboxylic acids is 1. The first-order chi connectivity index (χ1) is 21.6. The number of methoxy groups -OCH3 is 1. The topological polar surface area (TPSA) is 145 Å². The summed E-state index contributed by atoms with van der Waals surface area (Å²) < 4.78 is 56.3. The van der Waals surface area contributed by atoms with Gasteiger partial charge in [-0.25, -0.2) is 13.7 Å². The third-order valence-corrected chi connectivity index (χ3v) is 8.42. The number of fused-ring (bicyclic) bond motifs is 1. The van der Waals surface area contributed by atoms with E-state index in [0.29, 0.717) is 10.8 Å². The molecule has 0 saturated carbocycles. The first kappa shape index (κ1) is 35.2. The standard InChI is InChI=1S/C28H31ClN3O6P.C2HF3O2/c1-19-16-30(17-31(19)18-38-39(34,35)36)26-13-6-20(15-27(26)37-2)14-22-9-12-24-4-3-5-25(32(24)28(22)33)21-7-10-23(29)11-8-21;3-2(4,5)1(6)7/h6-8,10-11,13-17,24-25H,3-5,9,12,18H2,1-2H3,(H-,34,35,36);(H,6,7)/b22-14+;/t24-,25+;/m1./s1. The number of hydrogen-bond acceptors (Lipinski definition) is 6. The Morgan fingerprint density at radius 3 is 2.46 bits per heavy atom. The number of nitrogens with zero attached hydrogens (tertiary/aromatic N) is 3. The summed E-state index contributed by atoms with van der Waals surface area (Å²) in [5, 5.41) is 9.47. The Kier molecular flexibility index (Phi) is 11.0. The van der Waals surface area contributed by atoms with E-state index in [0.717, 1.165) is 60.2 Å². The maximum Gasteiger partial charge on any atom is 0.472 e. The number of carboxylic acid groups (broad SMARTS) is 1. The van der Waals surface area contributed by atoms with Crippen molar-refractivity contribution in [2.75, 3.05) is 7.11 Å². The van der Waals surface area contributed by atoms with Crippen molar-refractivity contribution in [2.24, 2.45) is 0 Å². The molecule has 2 fully saturated rings. The number of carbonyl (C=O) groups is 2. The monoisotopic (exact) mass is 685 g/mol. The molecule has 2 aromatic carbocycles. The van der Waals surface area contributed by atoms with Crippen molar-refractivity contribution in [2.45, 2.75) is 64.0 Å². The summed E-state index contributed by atoms with van der Waals surface area (Å²) in [4.78, 5) is 42.7. The van der Waals surface area contributed by atoms with Crippen LogP contribution in [-0.4, -0.2) is 50.5 Å². The number of halogens is 4. The molecular weight excluding hydrogens is 654 g/mol. The molecule has 2 saturated heterocycles. The number of alkyl halides is 3. The molecule has 3 heterocycles. The number of rotatable bonds is 7. The van der Waals surface area contributed by atoms with Crippen LogP contribution in [0.3, 0.4) is 0 Å². The van der Waals surface area contributed by atoms with Gasteiger partial charge in [-0.1, -0.05) is 29.8 Å². The summed E-state index contributed by atoms with van der Waals surface area (Å²) in [6.07, 6.45) is 4.99. The maximum absolute atomic E-state index is 13.8. The van der Waals surface area contributed by atoms with E-state index in [1.807, 2.05) is 61.7 Å². The van der Waals surface area contributed by atoms with Crippen molar-refractivity contribution in [3.63, 3.8) is 0 Å². The van der Waals surface area contributed by atoms with Crippen LogP contribution in [0, 0.1) is 6.92 Å². The molecule has 5 rings (SSSR count). The van der Waals surface area contributed by atoms with Gasteiger partial charge in [-0.05, 0) is 73.6 Å². The molecular formula is C30H32ClF3N3O8P. The lowest BCUT2D eigenvalue weighted by Crippen LogP contribution is -2.49. The van der Waals surface area contributed by atoms with Crippen LogP contribution < -0.4 is 14.4 Å². The number of amides is 1. The number of phosphoric ester groups is 1. The Morgan fingerprint density at radius 1 is 1.17 bits per heavy atom. The van der Waals surface area contributed by atoms with Crippen molar-refractivity contribution in [1.82, 2.24) is 9.47 Å². The molecule has 3 aromatic rings. The summed E-state index contributed by atoms with van der Waals surface area (Å²) >= 11 is 6.11. The highest BCUT2D eigenvalue weighted by atomic mass is 35.5. The highest BCUT2D eigenvalue weighted by Crippen LogP contribution is 2.41. The molecule has 0 aliphatic carbocycles. The van der Waals surface area contributed by atoms with Gasteiger partial charge in [0.25, 0.3) is 12.2 Å². The molecule has 0 bridgehead atoms. The second-order valence-corrected chi connectivity index (χ2v) is 12.5. The van der Waals surface area contributed by atoms with Crippen molar-refractivity contribution < 1.29 is 56.0 Å². The molecule has 2 aliphatic rings. The number of benzene rings is 2. The number of aromatic nitrogens is 2. The lowest BCUT2D eigenvalue weighted by atomic mass is 9.84. The predicted molar refractivity (Wildman–Crippen MR) is 157 cm³/mol. The fourth-order valence-electron chi connectivity index (χ4n) is 5.56. The van der Waals surface area contributed by atoms with Gasteiger partial charge in [-0.15, -0.1) is 0 Å². The summed E-state index contributed by atoms with van der Waals surface area (Å²) in [6, 6.07) is 13.8. The van der Waals surface area contributed by atoms with E-state index in [1.54, 1.807) is 22.6 Å². The molecule has 1 aromatic heterocycles. The minimum atomic E-state index is -5.19. The fourth-order valence-corrected chi connectivity index (χ4v) is 5.96. The molecule has 16 heteroatoms. The van der Waals surface area contributed by atoms with Crippen LogP contribution in [0.4, 0.5) is 13.2 Å². The molecule has 0 spiro atoms. The predicted octanol–water partition coefficient (Wildman–Crippen LogP) is 4.40. The molecule has 0 radical (unpaired) electrons. The molecule has 2 aliphatic heterocycles. The lowest BCUT2D eigenvalue weighted by molar-refractivity contribution is -0.730. The Balaban J connectivity index is 0.000000617. The summed E-state index contributed by atoms with van der Waals surface area (Å²) in [5.74, 6) is -2.32. The van der Waals surface area contributed by atoms with Gasteiger partial charge in [0.2, 0.25) is 6.73 Å². The van der Waals surface area contributed by atoms with Crippen molar-refractivity contribution in [1.29, 1.82) is 0 Å². The minimum absolute atomic E-state index is 0.0485. The van der Waals surface area contributed by atoms with Crippen LogP contribution in [0.5, 0.6) is 5.75 Å². The fraction of sp³-hybridized carbons (Fsp3) is 0.367. The van der Waals surface area contributed by atoms with E-state index in [1.165, 1.54) is 0 Å². The van der Waals surface area contributed by atoms with Crippen LogP contribution in [0.2, 0.25) is 5.02 Å². The molecule has 11 nitrogen and oxygen atoms in total. The van der Waals surface area contributed by atoms with Gasteiger partial charge in [-0.3, -0.25) is 4.79 Å². The molecule has 46 heavy (non-hydrogen) atoms. The van der Waals surface area contributed by atoms with Crippen molar-refractivity contribution in [3.05, 3.63) is 82.4 Å².